The Morgan fingerprint density at radius 3 is 1.21 bits per heavy atom. The molecule has 14 aromatic carbocycles. The summed E-state index contributed by atoms with van der Waals surface area (Å²) in [6.07, 6.45) is 0. The molecule has 0 saturated carbocycles. The highest BCUT2D eigenvalue weighted by Gasteiger charge is 2.53. The normalized spacial score (nSPS) is 14.7. The maximum absolute atomic E-state index is 2.56. The maximum Gasteiger partial charge on any atom is 0.0731 e. The molecule has 2 heteroatoms. The van der Waals surface area contributed by atoms with Crippen LogP contribution >= 0.6 is 0 Å². The Morgan fingerprint density at radius 1 is 0.210 bits per heavy atom. The quantitative estimate of drug-likeness (QED) is 0.156. The first kappa shape index (κ1) is 42.5. The predicted molar refractivity (Wildman–Crippen MR) is 341 cm³/mol. The van der Waals surface area contributed by atoms with E-state index in [1.165, 1.54) is 186 Å². The van der Waals surface area contributed by atoms with Crippen molar-refractivity contribution in [3.63, 3.8) is 0 Å². The second-order valence-electron chi connectivity index (χ2n) is 22.8. The lowest BCUT2D eigenvalue weighted by Gasteiger charge is -2.31. The Kier molecular flexibility index (Phi) is 7.85. The molecule has 2 aliphatic carbocycles. The lowest BCUT2D eigenvalue weighted by Crippen LogP contribution is -2.26. The van der Waals surface area contributed by atoms with Gasteiger partial charge in [-0.2, -0.15) is 0 Å². The number of aromatic nitrogens is 2. The molecule has 1 unspecified atom stereocenters. The third-order valence-corrected chi connectivity index (χ3v) is 19.4. The minimum Gasteiger partial charge on any atom is -0.307 e. The molecule has 0 saturated heterocycles. The van der Waals surface area contributed by atoms with E-state index in [1.54, 1.807) is 0 Å². The SMILES string of the molecule is c1ccc2c(c1)-c1ccc3ccccc3c1C21c2ccccc2-c2c(-c3c4cccc(-c5cccc6c7cccc8c9ccccc9n(c56)c87)c4cc4c(-c5cccc6c7cccc8c9ccccc9n(c56)c87)cccc34)cccc21. The summed E-state index contributed by atoms with van der Waals surface area (Å²) in [4.78, 5) is 0. The van der Waals surface area contributed by atoms with Crippen LogP contribution in [0.3, 0.4) is 0 Å². The largest absolute Gasteiger partial charge is 0.307 e. The lowest BCUT2D eigenvalue weighted by molar-refractivity contribution is 0.801. The Balaban J connectivity index is 0.957. The summed E-state index contributed by atoms with van der Waals surface area (Å²) >= 11 is 0. The van der Waals surface area contributed by atoms with E-state index in [0.29, 0.717) is 0 Å². The monoisotopic (exact) mass is 1020 g/mol. The minimum absolute atomic E-state index is 0.541. The van der Waals surface area contributed by atoms with Gasteiger partial charge in [0.25, 0.3) is 0 Å². The Morgan fingerprint density at radius 2 is 0.605 bits per heavy atom. The summed E-state index contributed by atoms with van der Waals surface area (Å²) in [5, 5.41) is 17.8. The van der Waals surface area contributed by atoms with E-state index in [0.717, 1.165) is 0 Å². The van der Waals surface area contributed by atoms with Gasteiger partial charge in [-0.05, 0) is 117 Å². The summed E-state index contributed by atoms with van der Waals surface area (Å²) in [6, 6.07) is 102. The number of nitrogens with zero attached hydrogens (tertiary/aromatic N) is 2. The highest BCUT2D eigenvalue weighted by atomic mass is 14.9. The van der Waals surface area contributed by atoms with Crippen molar-refractivity contribution in [1.82, 2.24) is 8.80 Å². The number of hydrogen-bond donors (Lipinski definition) is 0. The fourth-order valence-electron chi connectivity index (χ4n) is 16.5. The zero-order chi connectivity index (χ0) is 52.4. The first-order valence-corrected chi connectivity index (χ1v) is 28.4. The van der Waals surface area contributed by atoms with Crippen LogP contribution in [0.25, 0.3) is 164 Å². The van der Waals surface area contributed by atoms with Crippen molar-refractivity contribution in [3.8, 4) is 55.6 Å². The molecule has 2 aliphatic rings. The van der Waals surface area contributed by atoms with Crippen LogP contribution in [0.15, 0.2) is 267 Å². The van der Waals surface area contributed by atoms with Crippen molar-refractivity contribution in [2.24, 2.45) is 0 Å². The zero-order valence-electron chi connectivity index (χ0n) is 43.8. The van der Waals surface area contributed by atoms with Crippen LogP contribution in [0.4, 0.5) is 0 Å². The molecule has 4 aromatic heterocycles. The highest BCUT2D eigenvalue weighted by molar-refractivity contribution is 6.29. The van der Waals surface area contributed by atoms with Gasteiger partial charge in [-0.1, -0.05) is 249 Å². The van der Waals surface area contributed by atoms with Crippen molar-refractivity contribution in [1.29, 1.82) is 0 Å². The minimum atomic E-state index is -0.541. The van der Waals surface area contributed by atoms with Gasteiger partial charge in [-0.3, -0.25) is 0 Å². The van der Waals surface area contributed by atoms with Crippen LogP contribution in [-0.2, 0) is 5.41 Å². The highest BCUT2D eigenvalue weighted by Crippen LogP contribution is 2.66. The van der Waals surface area contributed by atoms with Gasteiger partial charge in [0.05, 0.1) is 38.5 Å². The lowest BCUT2D eigenvalue weighted by atomic mass is 9.69. The van der Waals surface area contributed by atoms with Gasteiger partial charge >= 0.3 is 0 Å². The van der Waals surface area contributed by atoms with Gasteiger partial charge in [0.15, 0.2) is 0 Å². The summed E-state index contributed by atoms with van der Waals surface area (Å²) in [5.41, 5.74) is 25.1. The van der Waals surface area contributed by atoms with E-state index in [-0.39, 0.29) is 0 Å². The molecule has 0 amide bonds. The number of hydrogen-bond acceptors (Lipinski definition) is 0. The molecule has 0 fully saturated rings. The number of rotatable bonds is 3. The zero-order valence-corrected chi connectivity index (χ0v) is 43.8. The number of fused-ring (bicyclic) bond motifs is 26. The van der Waals surface area contributed by atoms with Gasteiger partial charge in [0.2, 0.25) is 0 Å². The van der Waals surface area contributed by atoms with Gasteiger partial charge in [-0.25, -0.2) is 0 Å². The van der Waals surface area contributed by atoms with E-state index in [1.807, 2.05) is 0 Å². The van der Waals surface area contributed by atoms with Crippen LogP contribution in [0.5, 0.6) is 0 Å². The maximum atomic E-state index is 2.56. The van der Waals surface area contributed by atoms with Gasteiger partial charge in [-0.15, -0.1) is 0 Å². The molecule has 1 atom stereocenters. The van der Waals surface area contributed by atoms with Gasteiger partial charge in [0.1, 0.15) is 0 Å². The van der Waals surface area contributed by atoms with Gasteiger partial charge < -0.3 is 8.80 Å². The molecule has 1 spiro atoms. The third-order valence-electron chi connectivity index (χ3n) is 19.4. The molecule has 370 valence electrons. The van der Waals surface area contributed by atoms with Crippen LogP contribution in [-0.4, -0.2) is 8.80 Å². The smallest absolute Gasteiger partial charge is 0.0731 e. The van der Waals surface area contributed by atoms with Gasteiger partial charge in [0, 0.05) is 54.2 Å². The van der Waals surface area contributed by atoms with Crippen molar-refractivity contribution in [3.05, 3.63) is 289 Å². The van der Waals surface area contributed by atoms with Crippen LogP contribution in [0.1, 0.15) is 22.3 Å². The Hall–Kier alpha value is -10.5. The van der Waals surface area contributed by atoms with E-state index in [4.69, 9.17) is 0 Å². The summed E-state index contributed by atoms with van der Waals surface area (Å²) < 4.78 is 5.12. The average molecular weight is 1020 g/mol. The first-order valence-electron chi connectivity index (χ1n) is 28.4. The second-order valence-corrected chi connectivity index (χ2v) is 22.8. The second kappa shape index (κ2) is 15.0. The predicted octanol–water partition coefficient (Wildman–Crippen LogP) is 20.8. The molecular formula is C79H44N2. The standard InChI is InChI=1S/C79H44N2/c1-2-19-46-45(18-1)42-43-54-49-20-3-7-37-67(49)79(74(46)54)68-38-8-4-23-63(68)73-64(36-17-39-69(73)79)72-52-26-11-24-47(55-28-13-32-59-61-34-15-30-57-50-21-5-9-40-70(50)80(75(55)59)77(57)61)65(52)44-66-48(25-12-27-53(66)72)56-29-14-33-60-62-35-16-31-58-51-22-6-10-41-71(51)81(76(56)60)78(58)62/h1-44H. The summed E-state index contributed by atoms with van der Waals surface area (Å²) in [5.74, 6) is 0. The molecule has 0 N–H and O–H groups in total. The van der Waals surface area contributed by atoms with E-state index >= 15 is 0 Å². The number of benzene rings is 14. The van der Waals surface area contributed by atoms with E-state index < -0.39 is 5.41 Å². The molecule has 81 heavy (non-hydrogen) atoms. The summed E-state index contributed by atoms with van der Waals surface area (Å²) in [6.45, 7) is 0. The molecule has 18 aromatic rings. The molecule has 20 rings (SSSR count). The molecule has 0 bridgehead atoms. The molecule has 4 heterocycles. The Labute approximate surface area is 464 Å². The van der Waals surface area contributed by atoms with E-state index in [2.05, 4.69) is 276 Å². The van der Waals surface area contributed by atoms with Crippen molar-refractivity contribution in [2.75, 3.05) is 0 Å². The molecule has 0 radical (unpaired) electrons. The van der Waals surface area contributed by atoms with Crippen molar-refractivity contribution < 1.29 is 0 Å². The van der Waals surface area contributed by atoms with E-state index in [9.17, 15) is 0 Å². The van der Waals surface area contributed by atoms with Crippen molar-refractivity contribution >= 4 is 109 Å². The van der Waals surface area contributed by atoms with Crippen LogP contribution in [0, 0.1) is 0 Å². The Bertz CT molecular complexity index is 5610. The molecular weight excluding hydrogens is 977 g/mol. The van der Waals surface area contributed by atoms with Crippen molar-refractivity contribution in [2.45, 2.75) is 5.41 Å². The summed E-state index contributed by atoms with van der Waals surface area (Å²) in [7, 11) is 0. The topological polar surface area (TPSA) is 8.82 Å². The first-order chi connectivity index (χ1) is 40.3. The number of para-hydroxylation sites is 6. The third kappa shape index (κ3) is 5.00. The van der Waals surface area contributed by atoms with Crippen LogP contribution in [0.2, 0.25) is 0 Å². The molecule has 2 nitrogen and oxygen atoms in total. The fourth-order valence-corrected chi connectivity index (χ4v) is 16.5. The fraction of sp³-hybridized carbons (Fsp3) is 0.0127. The van der Waals surface area contributed by atoms with Crippen LogP contribution < -0.4 is 0 Å². The average Bonchev–Trinajstić information content (AvgIpc) is 1.92. The molecule has 0 aliphatic heterocycles.